The molecule has 15 heavy (non-hydrogen) atoms. The Morgan fingerprint density at radius 2 is 2.33 bits per heavy atom. The third kappa shape index (κ3) is 1.78. The summed E-state index contributed by atoms with van der Waals surface area (Å²) in [6.07, 6.45) is 1.79. The molecule has 0 aliphatic carbocycles. The first kappa shape index (κ1) is 10.6. The fourth-order valence-corrected chi connectivity index (χ4v) is 2.36. The van der Waals surface area contributed by atoms with Crippen molar-refractivity contribution in [3.8, 4) is 0 Å². The highest BCUT2D eigenvalue weighted by Crippen LogP contribution is 2.27. The van der Waals surface area contributed by atoms with Gasteiger partial charge in [0.25, 0.3) is 0 Å². The fourth-order valence-electron chi connectivity index (χ4n) is 1.61. The molecule has 0 radical (unpaired) electrons. The highest BCUT2D eigenvalue weighted by Gasteiger charge is 2.10. The summed E-state index contributed by atoms with van der Waals surface area (Å²) in [7, 11) is 1.89. The summed E-state index contributed by atoms with van der Waals surface area (Å²) < 4.78 is 2.74. The lowest BCUT2D eigenvalue weighted by molar-refractivity contribution is 0.268. The van der Waals surface area contributed by atoms with Crippen LogP contribution >= 0.6 is 15.9 Å². The van der Waals surface area contributed by atoms with Crippen LogP contribution in [-0.4, -0.2) is 21.5 Å². The molecule has 5 heteroatoms. The zero-order valence-corrected chi connectivity index (χ0v) is 9.90. The Kier molecular flexibility index (Phi) is 2.77. The summed E-state index contributed by atoms with van der Waals surface area (Å²) in [5, 5.41) is 14.2. The van der Waals surface area contributed by atoms with E-state index in [4.69, 9.17) is 10.8 Å². The number of rotatable bonds is 2. The van der Waals surface area contributed by atoms with Gasteiger partial charge in [-0.2, -0.15) is 5.10 Å². The molecule has 2 aromatic rings. The lowest BCUT2D eigenvalue weighted by atomic mass is 10.1. The molecule has 1 unspecified atom stereocenters. The molecule has 1 aromatic heterocycles. The van der Waals surface area contributed by atoms with Crippen molar-refractivity contribution in [1.82, 2.24) is 9.78 Å². The van der Waals surface area contributed by atoms with Crippen LogP contribution in [0.1, 0.15) is 11.6 Å². The SMILES string of the molecule is Cn1ncc2cc(C(N)CO)cc(Br)c21. The highest BCUT2D eigenvalue weighted by atomic mass is 79.9. The Morgan fingerprint density at radius 1 is 1.60 bits per heavy atom. The molecule has 1 atom stereocenters. The largest absolute Gasteiger partial charge is 0.394 e. The van der Waals surface area contributed by atoms with E-state index in [1.807, 2.05) is 19.2 Å². The van der Waals surface area contributed by atoms with Gasteiger partial charge in [-0.05, 0) is 33.6 Å². The first-order valence-corrected chi connectivity index (χ1v) is 5.40. The number of halogens is 1. The van der Waals surface area contributed by atoms with Crippen LogP contribution in [0, 0.1) is 0 Å². The number of aliphatic hydroxyl groups excluding tert-OH is 1. The van der Waals surface area contributed by atoms with Crippen molar-refractivity contribution in [2.75, 3.05) is 6.61 Å². The van der Waals surface area contributed by atoms with Crippen molar-refractivity contribution < 1.29 is 5.11 Å². The molecular formula is C10H12BrN3O. The first-order chi connectivity index (χ1) is 7.13. The molecule has 80 valence electrons. The third-order valence-electron chi connectivity index (χ3n) is 2.43. The lowest BCUT2D eigenvalue weighted by Gasteiger charge is -2.09. The van der Waals surface area contributed by atoms with Crippen LogP contribution in [0.15, 0.2) is 22.8 Å². The van der Waals surface area contributed by atoms with Gasteiger partial charge in [0.2, 0.25) is 0 Å². The van der Waals surface area contributed by atoms with Gasteiger partial charge in [-0.25, -0.2) is 0 Å². The molecule has 1 heterocycles. The average Bonchev–Trinajstić information content (AvgIpc) is 2.59. The van der Waals surface area contributed by atoms with Crippen molar-refractivity contribution in [3.05, 3.63) is 28.4 Å². The molecule has 4 nitrogen and oxygen atoms in total. The van der Waals surface area contributed by atoms with Crippen molar-refractivity contribution >= 4 is 26.8 Å². The summed E-state index contributed by atoms with van der Waals surface area (Å²) in [6, 6.07) is 3.53. The van der Waals surface area contributed by atoms with Crippen molar-refractivity contribution in [2.24, 2.45) is 12.8 Å². The summed E-state index contributed by atoms with van der Waals surface area (Å²) in [5.74, 6) is 0. The monoisotopic (exact) mass is 269 g/mol. The van der Waals surface area contributed by atoms with Crippen molar-refractivity contribution in [1.29, 1.82) is 0 Å². The molecule has 0 spiro atoms. The molecule has 0 fully saturated rings. The maximum absolute atomic E-state index is 9.00. The highest BCUT2D eigenvalue weighted by molar-refractivity contribution is 9.10. The lowest BCUT2D eigenvalue weighted by Crippen LogP contribution is -2.14. The van der Waals surface area contributed by atoms with Gasteiger partial charge in [0.15, 0.2) is 0 Å². The van der Waals surface area contributed by atoms with Crippen LogP contribution in [0.2, 0.25) is 0 Å². The molecular weight excluding hydrogens is 258 g/mol. The topological polar surface area (TPSA) is 64.1 Å². The number of aliphatic hydroxyl groups is 1. The predicted octanol–water partition coefficient (Wildman–Crippen LogP) is 1.33. The van der Waals surface area contributed by atoms with Gasteiger partial charge in [-0.1, -0.05) is 0 Å². The van der Waals surface area contributed by atoms with Crippen LogP contribution in [0.25, 0.3) is 10.9 Å². The van der Waals surface area contributed by atoms with E-state index in [-0.39, 0.29) is 12.6 Å². The Labute approximate surface area is 95.8 Å². The van der Waals surface area contributed by atoms with Crippen LogP contribution in [-0.2, 0) is 7.05 Å². The van der Waals surface area contributed by atoms with E-state index in [0.29, 0.717) is 0 Å². The Hall–Kier alpha value is -0.910. The smallest absolute Gasteiger partial charge is 0.0821 e. The molecule has 3 N–H and O–H groups in total. The van der Waals surface area contributed by atoms with E-state index in [2.05, 4.69) is 21.0 Å². The number of hydrogen-bond acceptors (Lipinski definition) is 3. The molecule has 1 aromatic carbocycles. The second-order valence-corrected chi connectivity index (χ2v) is 4.35. The summed E-state index contributed by atoms with van der Waals surface area (Å²) in [4.78, 5) is 0. The maximum Gasteiger partial charge on any atom is 0.0821 e. The van der Waals surface area contributed by atoms with E-state index in [0.717, 1.165) is 20.9 Å². The number of fused-ring (bicyclic) bond motifs is 1. The number of aromatic nitrogens is 2. The van der Waals surface area contributed by atoms with Crippen molar-refractivity contribution in [2.45, 2.75) is 6.04 Å². The Morgan fingerprint density at radius 3 is 3.00 bits per heavy atom. The van der Waals surface area contributed by atoms with Crippen LogP contribution in [0.5, 0.6) is 0 Å². The summed E-state index contributed by atoms with van der Waals surface area (Å²) >= 11 is 3.48. The van der Waals surface area contributed by atoms with E-state index >= 15 is 0 Å². The van der Waals surface area contributed by atoms with Gasteiger partial charge >= 0.3 is 0 Å². The molecule has 0 aliphatic heterocycles. The van der Waals surface area contributed by atoms with Crippen LogP contribution in [0.4, 0.5) is 0 Å². The average molecular weight is 270 g/mol. The normalized spacial score (nSPS) is 13.3. The van der Waals surface area contributed by atoms with Gasteiger partial charge in [0.05, 0.1) is 24.4 Å². The number of nitrogens with zero attached hydrogens (tertiary/aromatic N) is 2. The van der Waals surface area contributed by atoms with Gasteiger partial charge in [0, 0.05) is 16.9 Å². The number of aryl methyl sites for hydroxylation is 1. The van der Waals surface area contributed by atoms with E-state index < -0.39 is 0 Å². The van der Waals surface area contributed by atoms with Gasteiger partial charge < -0.3 is 10.8 Å². The number of hydrogen-bond donors (Lipinski definition) is 2. The minimum atomic E-state index is -0.342. The summed E-state index contributed by atoms with van der Waals surface area (Å²) in [6.45, 7) is -0.0573. The Bertz CT molecular complexity index is 495. The maximum atomic E-state index is 9.00. The minimum absolute atomic E-state index is 0.0573. The fraction of sp³-hybridized carbons (Fsp3) is 0.300. The van der Waals surface area contributed by atoms with E-state index in [1.165, 1.54) is 0 Å². The molecule has 0 saturated carbocycles. The standard InChI is InChI=1S/C10H12BrN3O/c1-14-10-7(4-13-14)2-6(3-8(10)11)9(12)5-15/h2-4,9,15H,5,12H2,1H3. The van der Waals surface area contributed by atoms with Gasteiger partial charge in [-0.15, -0.1) is 0 Å². The summed E-state index contributed by atoms with van der Waals surface area (Å²) in [5.41, 5.74) is 7.70. The molecule has 0 bridgehead atoms. The molecule has 0 aliphatic rings. The molecule has 0 saturated heterocycles. The molecule has 0 amide bonds. The van der Waals surface area contributed by atoms with E-state index in [1.54, 1.807) is 10.9 Å². The third-order valence-corrected chi connectivity index (χ3v) is 3.04. The first-order valence-electron chi connectivity index (χ1n) is 4.61. The predicted molar refractivity (Wildman–Crippen MR) is 62.4 cm³/mol. The Balaban J connectivity index is 2.63. The quantitative estimate of drug-likeness (QED) is 0.865. The van der Waals surface area contributed by atoms with Gasteiger partial charge in [0.1, 0.15) is 0 Å². The number of nitrogens with two attached hydrogens (primary N) is 1. The van der Waals surface area contributed by atoms with Gasteiger partial charge in [-0.3, -0.25) is 4.68 Å². The number of benzene rings is 1. The van der Waals surface area contributed by atoms with Crippen LogP contribution < -0.4 is 5.73 Å². The second kappa shape index (κ2) is 3.92. The zero-order chi connectivity index (χ0) is 11.0. The second-order valence-electron chi connectivity index (χ2n) is 3.50. The molecule has 2 rings (SSSR count). The van der Waals surface area contributed by atoms with Crippen molar-refractivity contribution in [3.63, 3.8) is 0 Å². The minimum Gasteiger partial charge on any atom is -0.394 e. The van der Waals surface area contributed by atoms with E-state index in [9.17, 15) is 0 Å². The van der Waals surface area contributed by atoms with Crippen LogP contribution in [0.3, 0.4) is 0 Å². The zero-order valence-electron chi connectivity index (χ0n) is 8.31.